The molecule has 0 aromatic heterocycles. The number of benzene rings is 2. The van der Waals surface area contributed by atoms with Gasteiger partial charge in [-0.05, 0) is 36.2 Å². The van der Waals surface area contributed by atoms with Gasteiger partial charge in [-0.15, -0.1) is 24.0 Å². The van der Waals surface area contributed by atoms with Gasteiger partial charge in [0, 0.05) is 25.2 Å². The summed E-state index contributed by atoms with van der Waals surface area (Å²) in [7, 11) is -1.64. The maximum atomic E-state index is 12.2. The summed E-state index contributed by atoms with van der Waals surface area (Å²) in [5, 5.41) is 6.90. The van der Waals surface area contributed by atoms with Crippen LogP contribution in [0.2, 0.25) is 5.02 Å². The van der Waals surface area contributed by atoms with Crippen molar-refractivity contribution in [3.8, 4) is 0 Å². The number of rotatable bonds is 7. The summed E-state index contributed by atoms with van der Waals surface area (Å²) in [6.45, 7) is 0.958. The third-order valence-electron chi connectivity index (χ3n) is 3.58. The fraction of sp³-hybridized carbons (Fsp3) is 0.278. The van der Waals surface area contributed by atoms with E-state index in [-0.39, 0.29) is 36.3 Å². The molecule has 2 aromatic rings. The normalized spacial score (nSPS) is 11.5. The molecular weight excluding hydrogens is 485 g/mol. The third-order valence-corrected chi connectivity index (χ3v) is 5.55. The lowest BCUT2D eigenvalue weighted by Gasteiger charge is -2.12. The van der Waals surface area contributed by atoms with Crippen LogP contribution in [0.1, 0.15) is 5.56 Å². The van der Waals surface area contributed by atoms with Gasteiger partial charge in [-0.1, -0.05) is 41.9 Å². The second kappa shape index (κ2) is 11.4. The summed E-state index contributed by atoms with van der Waals surface area (Å²) in [4.78, 5) is 4.44. The Balaban J connectivity index is 0.00000338. The highest BCUT2D eigenvalue weighted by atomic mass is 127. The fourth-order valence-corrected chi connectivity index (χ4v) is 3.68. The summed E-state index contributed by atoms with van der Waals surface area (Å²) >= 11 is 5.96. The van der Waals surface area contributed by atoms with Gasteiger partial charge >= 0.3 is 0 Å². The third kappa shape index (κ3) is 7.51. The van der Waals surface area contributed by atoms with Crippen molar-refractivity contribution in [3.05, 3.63) is 65.2 Å². The lowest BCUT2D eigenvalue weighted by molar-refractivity contribution is 0.594. The molecule has 0 bridgehead atoms. The standard InChI is InChI=1S/C18H22ClN3O2S.HI/c1-20-18(21-11-10-15-6-5-7-16(19)14-15)22-12-13-25(23,24)17-8-3-2-4-9-17;/h2-9,14H,10-13H2,1H3,(H2,20,21,22);1H. The van der Waals surface area contributed by atoms with Gasteiger partial charge in [0.25, 0.3) is 0 Å². The number of nitrogens with one attached hydrogen (secondary N) is 2. The SMILES string of the molecule is CN=C(NCCc1cccc(Cl)c1)NCCS(=O)(=O)c1ccccc1.I. The average molecular weight is 508 g/mol. The molecule has 2 aromatic carbocycles. The van der Waals surface area contributed by atoms with Crippen molar-refractivity contribution in [3.63, 3.8) is 0 Å². The first-order valence-corrected chi connectivity index (χ1v) is 10.0. The molecule has 0 aliphatic carbocycles. The van der Waals surface area contributed by atoms with Crippen LogP contribution in [0.25, 0.3) is 0 Å². The molecule has 142 valence electrons. The van der Waals surface area contributed by atoms with Crippen LogP contribution in [0.15, 0.2) is 64.5 Å². The molecule has 0 aliphatic rings. The minimum Gasteiger partial charge on any atom is -0.356 e. The lowest BCUT2D eigenvalue weighted by Crippen LogP contribution is -2.40. The first kappa shape index (κ1) is 22.7. The molecule has 0 saturated heterocycles. The predicted octanol–water partition coefficient (Wildman–Crippen LogP) is 3.14. The first-order chi connectivity index (χ1) is 12.0. The van der Waals surface area contributed by atoms with Crippen LogP contribution in [0.4, 0.5) is 0 Å². The smallest absolute Gasteiger partial charge is 0.191 e. The highest BCUT2D eigenvalue weighted by Crippen LogP contribution is 2.11. The van der Waals surface area contributed by atoms with Crippen LogP contribution in [0, 0.1) is 0 Å². The van der Waals surface area contributed by atoms with E-state index in [0.717, 1.165) is 12.0 Å². The minimum atomic E-state index is -3.29. The number of sulfone groups is 1. The van der Waals surface area contributed by atoms with E-state index in [0.29, 0.717) is 22.4 Å². The Bertz CT molecular complexity index is 814. The maximum absolute atomic E-state index is 12.2. The van der Waals surface area contributed by atoms with E-state index >= 15 is 0 Å². The van der Waals surface area contributed by atoms with Crippen molar-refractivity contribution >= 4 is 51.4 Å². The molecule has 0 aliphatic heterocycles. The maximum Gasteiger partial charge on any atom is 0.191 e. The van der Waals surface area contributed by atoms with Crippen molar-refractivity contribution in [2.45, 2.75) is 11.3 Å². The van der Waals surface area contributed by atoms with Crippen LogP contribution in [-0.4, -0.2) is 40.3 Å². The Hall–Kier alpha value is -1.32. The Labute approximate surface area is 177 Å². The monoisotopic (exact) mass is 507 g/mol. The summed E-state index contributed by atoms with van der Waals surface area (Å²) < 4.78 is 24.4. The summed E-state index contributed by atoms with van der Waals surface area (Å²) in [6, 6.07) is 16.1. The van der Waals surface area contributed by atoms with Gasteiger partial charge in [0.05, 0.1) is 10.6 Å². The summed E-state index contributed by atoms with van der Waals surface area (Å²) in [6.07, 6.45) is 0.795. The topological polar surface area (TPSA) is 70.6 Å². The molecule has 0 amide bonds. The Morgan fingerprint density at radius 3 is 2.38 bits per heavy atom. The van der Waals surface area contributed by atoms with Gasteiger partial charge in [-0.3, -0.25) is 4.99 Å². The highest BCUT2D eigenvalue weighted by Gasteiger charge is 2.13. The number of aliphatic imine (C=N–C) groups is 1. The van der Waals surface area contributed by atoms with E-state index in [1.165, 1.54) is 0 Å². The number of hydrogen-bond acceptors (Lipinski definition) is 3. The lowest BCUT2D eigenvalue weighted by atomic mass is 10.1. The van der Waals surface area contributed by atoms with E-state index < -0.39 is 9.84 Å². The van der Waals surface area contributed by atoms with Gasteiger partial charge in [0.2, 0.25) is 0 Å². The van der Waals surface area contributed by atoms with Gasteiger partial charge in [-0.2, -0.15) is 0 Å². The van der Waals surface area contributed by atoms with Crippen LogP contribution >= 0.6 is 35.6 Å². The predicted molar refractivity (Wildman–Crippen MR) is 118 cm³/mol. The molecule has 0 heterocycles. The second-order valence-corrected chi connectivity index (χ2v) is 7.98. The van der Waals surface area contributed by atoms with Crippen molar-refractivity contribution in [2.75, 3.05) is 25.9 Å². The van der Waals surface area contributed by atoms with Crippen molar-refractivity contribution in [1.29, 1.82) is 0 Å². The number of guanidine groups is 1. The second-order valence-electron chi connectivity index (χ2n) is 5.44. The van der Waals surface area contributed by atoms with Crippen LogP contribution in [0.3, 0.4) is 0 Å². The number of nitrogens with zero attached hydrogens (tertiary/aromatic N) is 1. The van der Waals surface area contributed by atoms with E-state index in [2.05, 4.69) is 15.6 Å². The molecule has 0 fully saturated rings. The van der Waals surface area contributed by atoms with Crippen molar-refractivity contribution in [1.82, 2.24) is 10.6 Å². The zero-order chi connectivity index (χ0) is 18.1. The summed E-state index contributed by atoms with van der Waals surface area (Å²) in [5.41, 5.74) is 1.13. The van der Waals surface area contributed by atoms with E-state index in [9.17, 15) is 8.42 Å². The van der Waals surface area contributed by atoms with Crippen molar-refractivity contribution in [2.24, 2.45) is 4.99 Å². The van der Waals surface area contributed by atoms with Gasteiger partial charge in [-0.25, -0.2) is 8.42 Å². The number of halogens is 2. The van der Waals surface area contributed by atoms with Gasteiger partial charge in [0.1, 0.15) is 0 Å². The zero-order valence-corrected chi connectivity index (χ0v) is 18.4. The molecular formula is C18H23ClIN3O2S. The van der Waals surface area contributed by atoms with E-state index in [1.54, 1.807) is 37.4 Å². The largest absolute Gasteiger partial charge is 0.356 e. The minimum absolute atomic E-state index is 0. The molecule has 2 N–H and O–H groups in total. The molecule has 0 atom stereocenters. The Morgan fingerprint density at radius 1 is 1.04 bits per heavy atom. The molecule has 8 heteroatoms. The number of hydrogen-bond donors (Lipinski definition) is 2. The Kier molecular flexibility index (Phi) is 9.97. The van der Waals surface area contributed by atoms with Crippen LogP contribution in [0.5, 0.6) is 0 Å². The van der Waals surface area contributed by atoms with Crippen molar-refractivity contribution < 1.29 is 8.42 Å². The van der Waals surface area contributed by atoms with Gasteiger partial charge < -0.3 is 10.6 Å². The average Bonchev–Trinajstić information content (AvgIpc) is 2.61. The fourth-order valence-electron chi connectivity index (χ4n) is 2.29. The highest BCUT2D eigenvalue weighted by molar-refractivity contribution is 14.0. The molecule has 0 radical (unpaired) electrons. The van der Waals surface area contributed by atoms with E-state index in [4.69, 9.17) is 11.6 Å². The zero-order valence-electron chi connectivity index (χ0n) is 14.5. The molecule has 5 nitrogen and oxygen atoms in total. The first-order valence-electron chi connectivity index (χ1n) is 7.98. The molecule has 26 heavy (non-hydrogen) atoms. The molecule has 2 rings (SSSR count). The summed E-state index contributed by atoms with van der Waals surface area (Å²) in [5.74, 6) is 0.580. The van der Waals surface area contributed by atoms with Crippen LogP contribution in [-0.2, 0) is 16.3 Å². The Morgan fingerprint density at radius 2 is 1.73 bits per heavy atom. The van der Waals surface area contributed by atoms with Crippen LogP contribution < -0.4 is 10.6 Å². The van der Waals surface area contributed by atoms with E-state index in [1.807, 2.05) is 24.3 Å². The molecule has 0 spiro atoms. The van der Waals surface area contributed by atoms with Gasteiger partial charge in [0.15, 0.2) is 15.8 Å². The molecule has 0 unspecified atom stereocenters. The quantitative estimate of drug-likeness (QED) is 0.343. The molecule has 0 saturated carbocycles.